The summed E-state index contributed by atoms with van der Waals surface area (Å²) < 4.78 is 6.36. The number of benzene rings is 1. The molecule has 122 valence electrons. The minimum atomic E-state index is -0.400. The summed E-state index contributed by atoms with van der Waals surface area (Å²) in [5, 5.41) is 5.81. The number of amides is 1. The average molecular weight is 342 g/mol. The number of fused-ring (bicyclic) bond motifs is 1. The van der Waals surface area contributed by atoms with Gasteiger partial charge in [0.15, 0.2) is 4.96 Å². The van der Waals surface area contributed by atoms with Crippen molar-refractivity contribution in [3.63, 3.8) is 0 Å². The van der Waals surface area contributed by atoms with E-state index < -0.39 is 5.97 Å². The third-order valence-corrected chi connectivity index (χ3v) is 4.12. The first-order valence-electron chi connectivity index (χ1n) is 7.04. The van der Waals surface area contributed by atoms with E-state index in [2.05, 4.69) is 20.2 Å². The average Bonchev–Trinajstić information content (AvgIpc) is 3.14. The lowest BCUT2D eigenvalue weighted by Crippen LogP contribution is -2.20. The Morgan fingerprint density at radius 2 is 2.08 bits per heavy atom. The van der Waals surface area contributed by atoms with Crippen LogP contribution >= 0.6 is 11.3 Å². The van der Waals surface area contributed by atoms with Crippen LogP contribution < -0.4 is 5.43 Å². The van der Waals surface area contributed by atoms with Crippen molar-refractivity contribution in [1.29, 1.82) is 0 Å². The molecule has 0 saturated carbocycles. The van der Waals surface area contributed by atoms with E-state index in [4.69, 9.17) is 0 Å². The van der Waals surface area contributed by atoms with Gasteiger partial charge in [0.1, 0.15) is 5.69 Å². The van der Waals surface area contributed by atoms with E-state index in [9.17, 15) is 9.59 Å². The molecule has 0 atom stereocenters. The SMILES string of the molecule is COC(=O)c1ccc(C=NNC(=O)c2c(C)nc3sccn23)cc1. The molecule has 7 nitrogen and oxygen atoms in total. The zero-order valence-electron chi connectivity index (χ0n) is 13.0. The molecule has 1 N–H and O–H groups in total. The van der Waals surface area contributed by atoms with Gasteiger partial charge >= 0.3 is 5.97 Å². The summed E-state index contributed by atoms with van der Waals surface area (Å²) in [4.78, 5) is 28.7. The summed E-state index contributed by atoms with van der Waals surface area (Å²) in [5.41, 5.74) is 4.80. The maximum atomic E-state index is 12.3. The molecule has 2 aromatic heterocycles. The molecule has 3 aromatic rings. The fourth-order valence-corrected chi connectivity index (χ4v) is 2.97. The second-order valence-corrected chi connectivity index (χ2v) is 5.79. The van der Waals surface area contributed by atoms with E-state index in [0.29, 0.717) is 17.0 Å². The van der Waals surface area contributed by atoms with Crippen LogP contribution in [0.2, 0.25) is 0 Å². The molecule has 0 aliphatic carbocycles. The van der Waals surface area contributed by atoms with Crippen molar-refractivity contribution in [2.24, 2.45) is 5.10 Å². The quantitative estimate of drug-likeness (QED) is 0.448. The normalized spacial score (nSPS) is 11.1. The summed E-state index contributed by atoms with van der Waals surface area (Å²) in [6.45, 7) is 1.78. The lowest BCUT2D eigenvalue weighted by Gasteiger charge is -2.01. The Kier molecular flexibility index (Phi) is 4.39. The molecule has 0 bridgehead atoms. The Bertz CT molecular complexity index is 925. The van der Waals surface area contributed by atoms with E-state index in [1.165, 1.54) is 24.7 Å². The number of imidazole rings is 1. The molecule has 0 saturated heterocycles. The Morgan fingerprint density at radius 1 is 1.33 bits per heavy atom. The van der Waals surface area contributed by atoms with E-state index >= 15 is 0 Å². The van der Waals surface area contributed by atoms with Gasteiger partial charge in [-0.05, 0) is 24.6 Å². The van der Waals surface area contributed by atoms with E-state index in [-0.39, 0.29) is 5.91 Å². The van der Waals surface area contributed by atoms with Crippen LogP contribution in [0.1, 0.15) is 32.1 Å². The smallest absolute Gasteiger partial charge is 0.337 e. The Balaban J connectivity index is 1.70. The van der Waals surface area contributed by atoms with Gasteiger partial charge in [-0.15, -0.1) is 11.3 Å². The minimum Gasteiger partial charge on any atom is -0.465 e. The minimum absolute atomic E-state index is 0.333. The molecule has 2 heterocycles. The number of aryl methyl sites for hydroxylation is 1. The monoisotopic (exact) mass is 342 g/mol. The van der Waals surface area contributed by atoms with Crippen molar-refractivity contribution >= 4 is 34.4 Å². The number of aromatic nitrogens is 2. The van der Waals surface area contributed by atoms with E-state index in [1.54, 1.807) is 41.8 Å². The number of carbonyl (C=O) groups is 2. The molecule has 0 aliphatic rings. The number of hydrazone groups is 1. The van der Waals surface area contributed by atoms with E-state index in [1.807, 2.05) is 5.38 Å². The predicted octanol–water partition coefficient (Wildman–Crippen LogP) is 2.25. The highest BCUT2D eigenvalue weighted by Crippen LogP contribution is 2.16. The highest BCUT2D eigenvalue weighted by Gasteiger charge is 2.16. The number of esters is 1. The second kappa shape index (κ2) is 6.63. The summed E-state index contributed by atoms with van der Waals surface area (Å²) in [7, 11) is 1.33. The number of nitrogens with zero attached hydrogens (tertiary/aromatic N) is 3. The van der Waals surface area contributed by atoms with Crippen LogP contribution in [0.15, 0.2) is 40.9 Å². The molecule has 0 radical (unpaired) electrons. The number of nitrogens with one attached hydrogen (secondary N) is 1. The number of rotatable bonds is 4. The highest BCUT2D eigenvalue weighted by molar-refractivity contribution is 7.15. The van der Waals surface area contributed by atoms with Crippen molar-refractivity contribution < 1.29 is 14.3 Å². The molecule has 0 unspecified atom stereocenters. The summed E-state index contributed by atoms with van der Waals surface area (Å²) in [6.07, 6.45) is 3.30. The zero-order valence-corrected chi connectivity index (χ0v) is 13.8. The number of hydrogen-bond donors (Lipinski definition) is 1. The topological polar surface area (TPSA) is 85.1 Å². The van der Waals surface area contributed by atoms with Gasteiger partial charge in [-0.3, -0.25) is 9.20 Å². The Morgan fingerprint density at radius 3 is 2.79 bits per heavy atom. The second-order valence-electron chi connectivity index (χ2n) is 4.91. The first-order chi connectivity index (χ1) is 11.6. The lowest BCUT2D eigenvalue weighted by molar-refractivity contribution is 0.0600. The lowest BCUT2D eigenvalue weighted by atomic mass is 10.1. The van der Waals surface area contributed by atoms with Gasteiger partial charge in [-0.1, -0.05) is 12.1 Å². The predicted molar refractivity (Wildman–Crippen MR) is 90.6 cm³/mol. The molecule has 24 heavy (non-hydrogen) atoms. The van der Waals surface area contributed by atoms with Crippen molar-refractivity contribution in [3.8, 4) is 0 Å². The van der Waals surface area contributed by atoms with Crippen molar-refractivity contribution in [2.75, 3.05) is 7.11 Å². The standard InChI is InChI=1S/C16H14N4O3S/c1-10-13(20-7-8-24-16(20)18-10)14(21)19-17-9-11-3-5-12(6-4-11)15(22)23-2/h3-9H,1-2H3,(H,19,21). The number of thiazole rings is 1. The van der Waals surface area contributed by atoms with Crippen LogP contribution in [-0.4, -0.2) is 34.6 Å². The molecule has 1 aromatic carbocycles. The van der Waals surface area contributed by atoms with Crippen LogP contribution in [-0.2, 0) is 4.74 Å². The van der Waals surface area contributed by atoms with Gasteiger partial charge in [0, 0.05) is 11.6 Å². The van der Waals surface area contributed by atoms with Gasteiger partial charge in [0.05, 0.1) is 24.6 Å². The maximum Gasteiger partial charge on any atom is 0.337 e. The number of methoxy groups -OCH3 is 1. The molecule has 1 amide bonds. The van der Waals surface area contributed by atoms with Gasteiger partial charge in [0.25, 0.3) is 5.91 Å². The third kappa shape index (κ3) is 3.04. The number of hydrogen-bond acceptors (Lipinski definition) is 6. The first kappa shape index (κ1) is 15.9. The van der Waals surface area contributed by atoms with Gasteiger partial charge in [-0.25, -0.2) is 15.2 Å². The molecule has 0 aliphatic heterocycles. The van der Waals surface area contributed by atoms with Crippen LogP contribution in [0.25, 0.3) is 4.96 Å². The van der Waals surface area contributed by atoms with Crippen molar-refractivity contribution in [3.05, 3.63) is 58.4 Å². The highest BCUT2D eigenvalue weighted by atomic mass is 32.1. The summed E-state index contributed by atoms with van der Waals surface area (Å²) >= 11 is 1.46. The fraction of sp³-hybridized carbons (Fsp3) is 0.125. The maximum absolute atomic E-state index is 12.3. The van der Waals surface area contributed by atoms with Crippen LogP contribution in [0.3, 0.4) is 0 Å². The summed E-state index contributed by atoms with van der Waals surface area (Å²) in [6, 6.07) is 6.68. The van der Waals surface area contributed by atoms with Gasteiger partial charge < -0.3 is 4.74 Å². The first-order valence-corrected chi connectivity index (χ1v) is 7.92. The zero-order chi connectivity index (χ0) is 17.1. The van der Waals surface area contributed by atoms with Crippen molar-refractivity contribution in [1.82, 2.24) is 14.8 Å². The fourth-order valence-electron chi connectivity index (χ4n) is 2.21. The van der Waals surface area contributed by atoms with Crippen molar-refractivity contribution in [2.45, 2.75) is 6.92 Å². The number of carbonyl (C=O) groups excluding carboxylic acids is 2. The van der Waals surface area contributed by atoms with Gasteiger partial charge in [-0.2, -0.15) is 5.10 Å². The van der Waals surface area contributed by atoms with Crippen LogP contribution in [0.4, 0.5) is 0 Å². The molecule has 0 spiro atoms. The molecule has 8 heteroatoms. The molecule has 0 fully saturated rings. The molecular formula is C16H14N4O3S. The van der Waals surface area contributed by atoms with Crippen LogP contribution in [0, 0.1) is 6.92 Å². The molecule has 3 rings (SSSR count). The van der Waals surface area contributed by atoms with Gasteiger partial charge in [0.2, 0.25) is 0 Å². The third-order valence-electron chi connectivity index (χ3n) is 3.36. The largest absolute Gasteiger partial charge is 0.465 e. The van der Waals surface area contributed by atoms with E-state index in [0.717, 1.165) is 10.5 Å². The summed E-state index contributed by atoms with van der Waals surface area (Å²) in [5.74, 6) is -0.733. The number of ether oxygens (including phenoxy) is 1. The molecular weight excluding hydrogens is 328 g/mol. The van der Waals surface area contributed by atoms with Crippen LogP contribution in [0.5, 0.6) is 0 Å². The Labute approximate surface area is 141 Å². The Hall–Kier alpha value is -3.00.